The van der Waals surface area contributed by atoms with E-state index in [9.17, 15) is 0 Å². The van der Waals surface area contributed by atoms with Crippen molar-refractivity contribution in [1.82, 2.24) is 19.3 Å². The number of fused-ring (bicyclic) bond motifs is 3. The molecule has 224 valence electrons. The number of benzene rings is 4. The highest BCUT2D eigenvalue weighted by atomic mass is 15.3. The van der Waals surface area contributed by atoms with Crippen molar-refractivity contribution >= 4 is 38.9 Å². The monoisotopic (exact) mass is 589 g/mol. The Morgan fingerprint density at radius 1 is 0.578 bits per heavy atom. The number of aromatic nitrogens is 4. The Morgan fingerprint density at radius 3 is 1.96 bits per heavy atom. The highest BCUT2D eigenvalue weighted by molar-refractivity contribution is 6.10. The lowest BCUT2D eigenvalue weighted by atomic mass is 9.78. The second-order valence-electron chi connectivity index (χ2n) is 13.7. The average molecular weight is 590 g/mol. The van der Waals surface area contributed by atoms with Crippen LogP contribution in [0.15, 0.2) is 128 Å². The zero-order valence-electron chi connectivity index (χ0n) is 26.9. The third-order valence-corrected chi connectivity index (χ3v) is 8.53. The fourth-order valence-electron chi connectivity index (χ4n) is 6.43. The van der Waals surface area contributed by atoms with Crippen molar-refractivity contribution in [3.63, 3.8) is 0 Å². The topological polar surface area (TPSA) is 38.9 Å². The van der Waals surface area contributed by atoms with E-state index in [1.54, 1.807) is 0 Å². The lowest BCUT2D eigenvalue weighted by Crippen LogP contribution is -2.24. The van der Waals surface area contributed by atoms with Gasteiger partial charge in [-0.05, 0) is 76.6 Å². The predicted molar refractivity (Wildman–Crippen MR) is 188 cm³/mol. The summed E-state index contributed by atoms with van der Waals surface area (Å²) in [5.41, 5.74) is 9.05. The summed E-state index contributed by atoms with van der Waals surface area (Å²) in [7, 11) is 0. The van der Waals surface area contributed by atoms with Gasteiger partial charge in [0, 0.05) is 40.7 Å². The van der Waals surface area contributed by atoms with Crippen LogP contribution in [0, 0.1) is 0 Å². The van der Waals surface area contributed by atoms with Crippen LogP contribution in [0.1, 0.15) is 52.7 Å². The number of hydrogen-bond donors (Lipinski definition) is 0. The van der Waals surface area contributed by atoms with Gasteiger partial charge in [0.25, 0.3) is 0 Å². The Labute approximate surface area is 265 Å². The number of rotatable bonds is 5. The lowest BCUT2D eigenvalue weighted by molar-refractivity contribution is 0.570. The quantitative estimate of drug-likeness (QED) is 0.200. The minimum Gasteiger partial charge on any atom is -0.310 e. The van der Waals surface area contributed by atoms with E-state index >= 15 is 0 Å². The van der Waals surface area contributed by atoms with E-state index in [2.05, 4.69) is 153 Å². The minimum atomic E-state index is -0.0958. The van der Waals surface area contributed by atoms with Gasteiger partial charge in [-0.2, -0.15) is 5.10 Å². The lowest BCUT2D eigenvalue weighted by Gasteiger charge is -2.37. The first-order valence-electron chi connectivity index (χ1n) is 15.6. The van der Waals surface area contributed by atoms with Crippen molar-refractivity contribution in [1.29, 1.82) is 0 Å². The summed E-state index contributed by atoms with van der Waals surface area (Å²) >= 11 is 0. The molecular formula is C40H39N5. The molecule has 0 spiro atoms. The van der Waals surface area contributed by atoms with Crippen LogP contribution in [0.25, 0.3) is 33.3 Å². The molecule has 0 saturated heterocycles. The van der Waals surface area contributed by atoms with Gasteiger partial charge in [0.2, 0.25) is 0 Å². The largest absolute Gasteiger partial charge is 0.310 e. The normalized spacial score (nSPS) is 12.2. The molecule has 0 aliphatic carbocycles. The summed E-state index contributed by atoms with van der Waals surface area (Å²) in [5.74, 6) is 0.901. The second kappa shape index (κ2) is 10.8. The molecule has 5 heteroatoms. The summed E-state index contributed by atoms with van der Waals surface area (Å²) in [4.78, 5) is 7.24. The van der Waals surface area contributed by atoms with E-state index in [0.717, 1.165) is 33.9 Å². The number of para-hydroxylation sites is 2. The van der Waals surface area contributed by atoms with E-state index in [1.807, 2.05) is 35.4 Å². The maximum Gasteiger partial charge on any atom is 0.137 e. The van der Waals surface area contributed by atoms with Crippen molar-refractivity contribution in [3.05, 3.63) is 139 Å². The van der Waals surface area contributed by atoms with Crippen molar-refractivity contribution in [2.45, 2.75) is 52.4 Å². The first kappa shape index (κ1) is 28.6. The molecule has 0 unspecified atom stereocenters. The van der Waals surface area contributed by atoms with Crippen LogP contribution >= 0.6 is 0 Å². The van der Waals surface area contributed by atoms with Crippen LogP contribution in [0.5, 0.6) is 0 Å². The number of nitrogens with zero attached hydrogens (tertiary/aromatic N) is 5. The molecule has 0 aliphatic heterocycles. The SMILES string of the molecule is CC(C)(C)c1cccc(C(C)(C)C)c1N(c1cccc(-n2cccn2)c1)c1ccc2c3ccccc3n(-c3ccccn3)c2c1. The smallest absolute Gasteiger partial charge is 0.137 e. The molecule has 5 nitrogen and oxygen atoms in total. The first-order chi connectivity index (χ1) is 21.6. The van der Waals surface area contributed by atoms with Crippen molar-refractivity contribution in [3.8, 4) is 11.5 Å². The van der Waals surface area contributed by atoms with Gasteiger partial charge in [-0.15, -0.1) is 0 Å². The molecule has 0 N–H and O–H groups in total. The molecule has 7 rings (SSSR count). The average Bonchev–Trinajstić information content (AvgIpc) is 3.68. The molecule has 0 radical (unpaired) electrons. The van der Waals surface area contributed by atoms with Crippen LogP contribution < -0.4 is 4.90 Å². The van der Waals surface area contributed by atoms with Crippen LogP contribution in [0.3, 0.4) is 0 Å². The van der Waals surface area contributed by atoms with Crippen molar-refractivity contribution in [2.24, 2.45) is 0 Å². The Morgan fingerprint density at radius 2 is 1.27 bits per heavy atom. The van der Waals surface area contributed by atoms with Crippen molar-refractivity contribution in [2.75, 3.05) is 4.90 Å². The highest BCUT2D eigenvalue weighted by Gasteiger charge is 2.30. The summed E-state index contributed by atoms with van der Waals surface area (Å²) < 4.78 is 4.21. The van der Waals surface area contributed by atoms with E-state index < -0.39 is 0 Å². The predicted octanol–water partition coefficient (Wildman–Crippen LogP) is 10.4. The molecule has 7 aromatic rings. The third-order valence-electron chi connectivity index (χ3n) is 8.53. The Balaban J connectivity index is 1.58. The van der Waals surface area contributed by atoms with Gasteiger partial charge in [0.15, 0.2) is 0 Å². The van der Waals surface area contributed by atoms with Crippen LogP contribution in [0.4, 0.5) is 17.1 Å². The standard InChI is InChI=1S/C40H39N5/c1-39(2,3)33-17-12-18-34(40(4,5)6)38(33)44(29-15-11-14-28(26-29)43-25-13-24-42-43)30-21-22-32-31-16-7-8-19-35(31)45(36(32)27-30)37-20-9-10-23-41-37/h7-27H,1-6H3. The van der Waals surface area contributed by atoms with E-state index in [0.29, 0.717) is 0 Å². The van der Waals surface area contributed by atoms with Crippen LogP contribution in [-0.4, -0.2) is 19.3 Å². The zero-order valence-corrected chi connectivity index (χ0v) is 26.9. The van der Waals surface area contributed by atoms with E-state index in [1.165, 1.54) is 27.6 Å². The minimum absolute atomic E-state index is 0.0958. The van der Waals surface area contributed by atoms with Gasteiger partial charge in [-0.3, -0.25) is 4.57 Å². The van der Waals surface area contributed by atoms with Crippen LogP contribution in [-0.2, 0) is 10.8 Å². The molecule has 0 saturated carbocycles. The highest BCUT2D eigenvalue weighted by Crippen LogP contribution is 2.47. The summed E-state index contributed by atoms with van der Waals surface area (Å²) in [6.45, 7) is 13.8. The molecule has 4 aromatic carbocycles. The maximum absolute atomic E-state index is 4.78. The van der Waals surface area contributed by atoms with Gasteiger partial charge in [-0.25, -0.2) is 9.67 Å². The second-order valence-corrected chi connectivity index (χ2v) is 13.7. The van der Waals surface area contributed by atoms with E-state index in [4.69, 9.17) is 4.98 Å². The van der Waals surface area contributed by atoms with Crippen LogP contribution in [0.2, 0.25) is 0 Å². The molecule has 0 aliphatic rings. The molecule has 3 aromatic heterocycles. The summed E-state index contributed by atoms with van der Waals surface area (Å²) in [5, 5.41) is 6.95. The number of hydrogen-bond acceptors (Lipinski definition) is 3. The maximum atomic E-state index is 4.78. The Kier molecular flexibility index (Phi) is 6.85. The molecular weight excluding hydrogens is 550 g/mol. The molecule has 0 bridgehead atoms. The fraction of sp³-hybridized carbons (Fsp3) is 0.200. The van der Waals surface area contributed by atoms with Gasteiger partial charge < -0.3 is 4.90 Å². The van der Waals surface area contributed by atoms with Gasteiger partial charge in [0.05, 0.1) is 22.4 Å². The molecule has 0 fully saturated rings. The number of anilines is 3. The van der Waals surface area contributed by atoms with Gasteiger partial charge in [-0.1, -0.05) is 96.1 Å². The fourth-order valence-corrected chi connectivity index (χ4v) is 6.43. The third kappa shape index (κ3) is 5.08. The first-order valence-corrected chi connectivity index (χ1v) is 15.6. The summed E-state index contributed by atoms with van der Waals surface area (Å²) in [6.07, 6.45) is 5.67. The van der Waals surface area contributed by atoms with E-state index in [-0.39, 0.29) is 10.8 Å². The van der Waals surface area contributed by atoms with Gasteiger partial charge in [0.1, 0.15) is 5.82 Å². The summed E-state index contributed by atoms with van der Waals surface area (Å²) in [6, 6.07) is 39.0. The zero-order chi connectivity index (χ0) is 31.3. The molecule has 0 amide bonds. The molecule has 45 heavy (non-hydrogen) atoms. The number of pyridine rings is 1. The molecule has 3 heterocycles. The molecule has 0 atom stereocenters. The Bertz CT molecular complexity index is 2090. The van der Waals surface area contributed by atoms with Crippen molar-refractivity contribution < 1.29 is 0 Å². The van der Waals surface area contributed by atoms with Gasteiger partial charge >= 0.3 is 0 Å². The Hall–Kier alpha value is -5.16.